The van der Waals surface area contributed by atoms with Crippen LogP contribution in [0.2, 0.25) is 0 Å². The minimum atomic E-state index is 0.0509. The Morgan fingerprint density at radius 1 is 1.50 bits per heavy atom. The van der Waals surface area contributed by atoms with Crippen molar-refractivity contribution in [3.8, 4) is 0 Å². The van der Waals surface area contributed by atoms with Gasteiger partial charge in [0.15, 0.2) is 0 Å². The third-order valence-corrected chi connectivity index (χ3v) is 0.970. The van der Waals surface area contributed by atoms with Gasteiger partial charge in [-0.15, -0.1) is 0 Å². The summed E-state index contributed by atoms with van der Waals surface area (Å²) in [5, 5.41) is 2.98. The molecule has 0 aromatic carbocycles. The molecule has 0 spiro atoms. The molecule has 4 nitrogen and oxygen atoms in total. The second kappa shape index (κ2) is 2.64. The summed E-state index contributed by atoms with van der Waals surface area (Å²) >= 11 is 0. The van der Waals surface area contributed by atoms with Crippen LogP contribution >= 0.6 is 0 Å². The molecule has 0 saturated carbocycles. The van der Waals surface area contributed by atoms with Crippen molar-refractivity contribution in [3.63, 3.8) is 0 Å². The maximum absolute atomic E-state index is 10.5. The van der Waals surface area contributed by atoms with Crippen LogP contribution in [0.4, 0.5) is 0 Å². The van der Waals surface area contributed by atoms with Gasteiger partial charge in [0.05, 0.1) is 6.67 Å². The zero-order valence-electron chi connectivity index (χ0n) is 4.53. The smallest absolute Gasteiger partial charge is 0.235 e. The SMILES string of the molecule is O=C1CCNCNN1. The average Bonchev–Trinajstić information content (AvgIpc) is 1.94. The van der Waals surface area contributed by atoms with Crippen LogP contribution < -0.4 is 16.2 Å². The molecule has 0 aliphatic carbocycles. The van der Waals surface area contributed by atoms with Gasteiger partial charge >= 0.3 is 0 Å². The number of hydrazine groups is 1. The van der Waals surface area contributed by atoms with E-state index in [9.17, 15) is 4.79 Å². The largest absolute Gasteiger partial charge is 0.303 e. The van der Waals surface area contributed by atoms with Crippen molar-refractivity contribution in [2.45, 2.75) is 6.42 Å². The lowest BCUT2D eigenvalue weighted by Crippen LogP contribution is -2.37. The molecule has 1 saturated heterocycles. The lowest BCUT2D eigenvalue weighted by Gasteiger charge is -1.97. The topological polar surface area (TPSA) is 53.2 Å². The minimum absolute atomic E-state index is 0.0509. The molecule has 0 radical (unpaired) electrons. The second-order valence-corrected chi connectivity index (χ2v) is 1.65. The van der Waals surface area contributed by atoms with E-state index in [2.05, 4.69) is 16.2 Å². The molecule has 8 heavy (non-hydrogen) atoms. The minimum Gasteiger partial charge on any atom is -0.303 e. The van der Waals surface area contributed by atoms with E-state index in [-0.39, 0.29) is 5.91 Å². The second-order valence-electron chi connectivity index (χ2n) is 1.65. The van der Waals surface area contributed by atoms with Gasteiger partial charge in [-0.3, -0.25) is 10.2 Å². The average molecular weight is 115 g/mol. The van der Waals surface area contributed by atoms with Gasteiger partial charge in [-0.2, -0.15) is 0 Å². The molecule has 1 aliphatic heterocycles. The van der Waals surface area contributed by atoms with Crippen LogP contribution in [-0.4, -0.2) is 19.1 Å². The van der Waals surface area contributed by atoms with Gasteiger partial charge in [0.2, 0.25) is 5.91 Å². The third kappa shape index (κ3) is 1.48. The lowest BCUT2D eigenvalue weighted by molar-refractivity contribution is -0.121. The fraction of sp³-hybridized carbons (Fsp3) is 0.750. The zero-order chi connectivity index (χ0) is 5.82. The molecule has 0 aromatic rings. The van der Waals surface area contributed by atoms with E-state index in [1.165, 1.54) is 0 Å². The summed E-state index contributed by atoms with van der Waals surface area (Å²) in [7, 11) is 0. The Balaban J connectivity index is 2.27. The molecular weight excluding hydrogens is 106 g/mol. The summed E-state index contributed by atoms with van der Waals surface area (Å²) in [5.74, 6) is 0.0509. The lowest BCUT2D eigenvalue weighted by atomic mass is 10.4. The molecule has 1 fully saturated rings. The molecule has 0 aromatic heterocycles. The predicted octanol–water partition coefficient (Wildman–Crippen LogP) is -1.44. The van der Waals surface area contributed by atoms with E-state index in [1.54, 1.807) is 0 Å². The Kier molecular flexibility index (Phi) is 1.82. The number of hydrogen-bond acceptors (Lipinski definition) is 3. The molecule has 0 atom stereocenters. The first-order valence-corrected chi connectivity index (χ1v) is 2.62. The molecule has 1 aliphatic rings. The highest BCUT2D eigenvalue weighted by Crippen LogP contribution is 1.76. The van der Waals surface area contributed by atoms with Crippen LogP contribution in [-0.2, 0) is 4.79 Å². The standard InChI is InChI=1S/C4H9N3O/c8-4-1-2-5-3-6-7-4/h5-6H,1-3H2,(H,7,8). The van der Waals surface area contributed by atoms with E-state index in [1.807, 2.05) is 0 Å². The maximum atomic E-state index is 10.5. The van der Waals surface area contributed by atoms with Crippen molar-refractivity contribution in [1.82, 2.24) is 16.2 Å². The Morgan fingerprint density at radius 3 is 3.25 bits per heavy atom. The van der Waals surface area contributed by atoms with E-state index >= 15 is 0 Å². The van der Waals surface area contributed by atoms with E-state index in [0.29, 0.717) is 13.1 Å². The summed E-state index contributed by atoms with van der Waals surface area (Å²) in [4.78, 5) is 10.5. The zero-order valence-corrected chi connectivity index (χ0v) is 4.53. The van der Waals surface area contributed by atoms with Crippen molar-refractivity contribution >= 4 is 5.91 Å². The van der Waals surface area contributed by atoms with Gasteiger partial charge in [-0.25, -0.2) is 5.43 Å². The molecule has 1 heterocycles. The van der Waals surface area contributed by atoms with Crippen molar-refractivity contribution < 1.29 is 4.79 Å². The number of carbonyl (C=O) groups excluding carboxylic acids is 1. The molecular formula is C4H9N3O. The van der Waals surface area contributed by atoms with Crippen molar-refractivity contribution in [3.05, 3.63) is 0 Å². The van der Waals surface area contributed by atoms with Crippen molar-refractivity contribution in [1.29, 1.82) is 0 Å². The van der Waals surface area contributed by atoms with Gasteiger partial charge in [-0.1, -0.05) is 0 Å². The van der Waals surface area contributed by atoms with Crippen molar-refractivity contribution in [2.24, 2.45) is 0 Å². The molecule has 4 heteroatoms. The van der Waals surface area contributed by atoms with Gasteiger partial charge in [0, 0.05) is 13.0 Å². The van der Waals surface area contributed by atoms with Gasteiger partial charge in [0.25, 0.3) is 0 Å². The Morgan fingerprint density at radius 2 is 2.38 bits per heavy atom. The monoisotopic (exact) mass is 115 g/mol. The number of nitrogens with one attached hydrogen (secondary N) is 3. The Labute approximate surface area is 47.6 Å². The van der Waals surface area contributed by atoms with E-state index in [4.69, 9.17) is 0 Å². The van der Waals surface area contributed by atoms with Gasteiger partial charge in [-0.05, 0) is 0 Å². The first kappa shape index (κ1) is 5.53. The summed E-state index contributed by atoms with van der Waals surface area (Å²) in [5.41, 5.74) is 5.18. The normalized spacial score (nSPS) is 21.8. The van der Waals surface area contributed by atoms with Crippen LogP contribution in [0, 0.1) is 0 Å². The summed E-state index contributed by atoms with van der Waals surface area (Å²) in [6.45, 7) is 1.42. The molecule has 0 unspecified atom stereocenters. The van der Waals surface area contributed by atoms with Crippen LogP contribution in [0.1, 0.15) is 6.42 Å². The Hall–Kier alpha value is -0.610. The van der Waals surface area contributed by atoms with Crippen LogP contribution in [0.25, 0.3) is 0 Å². The van der Waals surface area contributed by atoms with Crippen LogP contribution in [0.15, 0.2) is 0 Å². The fourth-order valence-corrected chi connectivity index (χ4v) is 0.558. The number of amides is 1. The molecule has 0 bridgehead atoms. The quantitative estimate of drug-likeness (QED) is 0.362. The highest BCUT2D eigenvalue weighted by atomic mass is 16.2. The highest BCUT2D eigenvalue weighted by molar-refractivity contribution is 5.75. The predicted molar refractivity (Wildman–Crippen MR) is 28.8 cm³/mol. The van der Waals surface area contributed by atoms with E-state index in [0.717, 1.165) is 6.54 Å². The molecule has 3 N–H and O–H groups in total. The molecule has 1 amide bonds. The molecule has 46 valence electrons. The number of hydrogen-bond donors (Lipinski definition) is 3. The van der Waals surface area contributed by atoms with E-state index < -0.39 is 0 Å². The third-order valence-electron chi connectivity index (χ3n) is 0.970. The number of rotatable bonds is 0. The van der Waals surface area contributed by atoms with Crippen LogP contribution in [0.3, 0.4) is 0 Å². The molecule has 1 rings (SSSR count). The number of carbonyl (C=O) groups is 1. The fourth-order valence-electron chi connectivity index (χ4n) is 0.558. The van der Waals surface area contributed by atoms with Crippen molar-refractivity contribution in [2.75, 3.05) is 13.2 Å². The summed E-state index contributed by atoms with van der Waals surface area (Å²) in [6.07, 6.45) is 0.562. The maximum Gasteiger partial charge on any atom is 0.235 e. The van der Waals surface area contributed by atoms with Gasteiger partial charge < -0.3 is 5.32 Å². The first-order valence-electron chi connectivity index (χ1n) is 2.62. The summed E-state index contributed by atoms with van der Waals surface area (Å²) < 4.78 is 0. The summed E-state index contributed by atoms with van der Waals surface area (Å²) in [6, 6.07) is 0. The highest BCUT2D eigenvalue weighted by Gasteiger charge is 2.01. The van der Waals surface area contributed by atoms with Crippen LogP contribution in [0.5, 0.6) is 0 Å². The Bertz CT molecular complexity index is 83.3. The van der Waals surface area contributed by atoms with Gasteiger partial charge in [0.1, 0.15) is 0 Å². The first-order chi connectivity index (χ1) is 3.89.